The Bertz CT molecular complexity index is 1190. The summed E-state index contributed by atoms with van der Waals surface area (Å²) in [4.78, 5) is 19.2. The second kappa shape index (κ2) is 9.28. The Kier molecular flexibility index (Phi) is 6.26. The zero-order valence-electron chi connectivity index (χ0n) is 18.7. The highest BCUT2D eigenvalue weighted by molar-refractivity contribution is 6.04. The number of benzene rings is 2. The lowest BCUT2D eigenvalue weighted by atomic mass is 10.1. The van der Waals surface area contributed by atoms with Crippen LogP contribution in [0.15, 0.2) is 53.5 Å². The van der Waals surface area contributed by atoms with E-state index in [9.17, 15) is 20.1 Å². The van der Waals surface area contributed by atoms with Crippen LogP contribution in [-0.4, -0.2) is 49.5 Å². The second-order valence-corrected chi connectivity index (χ2v) is 8.03. The van der Waals surface area contributed by atoms with Gasteiger partial charge in [0.2, 0.25) is 11.8 Å². The number of hydrogen-bond acceptors (Lipinski definition) is 6. The van der Waals surface area contributed by atoms with Gasteiger partial charge in [0.1, 0.15) is 5.69 Å². The van der Waals surface area contributed by atoms with Gasteiger partial charge in [-0.1, -0.05) is 43.3 Å². The average Bonchev–Trinajstić information content (AvgIpc) is 3.44. The van der Waals surface area contributed by atoms with Gasteiger partial charge >= 0.3 is 0 Å². The number of para-hydroxylation sites is 1. The SMILES string of the molecule is CCC(=Nc1c(Nc2cccc(C(=O)N3CCCC3)c2O)c(O)n(C)c1O)c1ccccc1. The summed E-state index contributed by atoms with van der Waals surface area (Å²) in [7, 11) is 1.51. The zero-order valence-corrected chi connectivity index (χ0v) is 18.7. The molecule has 0 spiro atoms. The Balaban J connectivity index is 1.74. The number of carbonyl (C=O) groups excluding carboxylic acids is 1. The predicted molar refractivity (Wildman–Crippen MR) is 128 cm³/mol. The first-order valence-corrected chi connectivity index (χ1v) is 11.0. The van der Waals surface area contributed by atoms with E-state index < -0.39 is 0 Å². The first-order valence-electron chi connectivity index (χ1n) is 11.0. The largest absolute Gasteiger partial charge is 0.505 e. The number of amides is 1. The van der Waals surface area contributed by atoms with Crippen molar-refractivity contribution in [2.45, 2.75) is 26.2 Å². The lowest BCUT2D eigenvalue weighted by Crippen LogP contribution is -2.27. The first kappa shape index (κ1) is 22.3. The Morgan fingerprint density at radius 1 is 1.00 bits per heavy atom. The van der Waals surface area contributed by atoms with Crippen LogP contribution in [-0.2, 0) is 7.05 Å². The van der Waals surface area contributed by atoms with Gasteiger partial charge in [-0.25, -0.2) is 4.99 Å². The van der Waals surface area contributed by atoms with E-state index in [1.165, 1.54) is 11.6 Å². The van der Waals surface area contributed by atoms with Crippen molar-refractivity contribution in [3.05, 3.63) is 59.7 Å². The fraction of sp³-hybridized carbons (Fsp3) is 0.280. The summed E-state index contributed by atoms with van der Waals surface area (Å²) in [5.41, 5.74) is 2.32. The number of rotatable bonds is 6. The van der Waals surface area contributed by atoms with E-state index in [4.69, 9.17) is 0 Å². The van der Waals surface area contributed by atoms with Crippen LogP contribution in [0.5, 0.6) is 17.5 Å². The van der Waals surface area contributed by atoms with Crippen LogP contribution >= 0.6 is 0 Å². The summed E-state index contributed by atoms with van der Waals surface area (Å²) in [6.07, 6.45) is 2.50. The van der Waals surface area contributed by atoms with E-state index in [-0.39, 0.29) is 46.0 Å². The van der Waals surface area contributed by atoms with Crippen LogP contribution in [0.3, 0.4) is 0 Å². The molecule has 1 aliphatic rings. The van der Waals surface area contributed by atoms with Gasteiger partial charge in [0.15, 0.2) is 11.4 Å². The fourth-order valence-corrected chi connectivity index (χ4v) is 4.02. The number of aromatic hydroxyl groups is 3. The molecule has 172 valence electrons. The van der Waals surface area contributed by atoms with E-state index >= 15 is 0 Å². The van der Waals surface area contributed by atoms with Crippen molar-refractivity contribution < 1.29 is 20.1 Å². The number of likely N-dealkylation sites (tertiary alicyclic amines) is 1. The Hall–Kier alpha value is -3.94. The smallest absolute Gasteiger partial charge is 0.257 e. The summed E-state index contributed by atoms with van der Waals surface area (Å²) in [5, 5.41) is 35.2. The normalized spacial score (nSPS) is 14.0. The first-order chi connectivity index (χ1) is 15.9. The summed E-state index contributed by atoms with van der Waals surface area (Å²) >= 11 is 0. The van der Waals surface area contributed by atoms with Crippen LogP contribution < -0.4 is 5.32 Å². The lowest BCUT2D eigenvalue weighted by molar-refractivity contribution is 0.0790. The molecule has 33 heavy (non-hydrogen) atoms. The number of phenolic OH excluding ortho intramolecular Hbond substituents is 1. The van der Waals surface area contributed by atoms with Gasteiger partial charge in [-0.15, -0.1) is 0 Å². The van der Waals surface area contributed by atoms with E-state index in [2.05, 4.69) is 10.3 Å². The van der Waals surface area contributed by atoms with Crippen LogP contribution in [0.2, 0.25) is 0 Å². The van der Waals surface area contributed by atoms with Gasteiger partial charge < -0.3 is 25.5 Å². The minimum absolute atomic E-state index is 0.137. The molecule has 0 radical (unpaired) electrons. The number of hydrogen-bond donors (Lipinski definition) is 4. The molecule has 1 amide bonds. The van der Waals surface area contributed by atoms with Crippen LogP contribution in [0.4, 0.5) is 17.1 Å². The van der Waals surface area contributed by atoms with Crippen molar-refractivity contribution >= 4 is 28.7 Å². The number of phenols is 1. The van der Waals surface area contributed by atoms with Crippen molar-refractivity contribution in [1.82, 2.24) is 9.47 Å². The Morgan fingerprint density at radius 3 is 2.36 bits per heavy atom. The highest BCUT2D eigenvalue weighted by Gasteiger charge is 2.26. The van der Waals surface area contributed by atoms with E-state index in [1.54, 1.807) is 23.1 Å². The van der Waals surface area contributed by atoms with Gasteiger partial charge in [0.25, 0.3) is 5.91 Å². The molecular formula is C25H28N4O4. The van der Waals surface area contributed by atoms with Gasteiger partial charge in [0, 0.05) is 25.8 Å². The molecule has 2 heterocycles. The molecule has 4 N–H and O–H groups in total. The summed E-state index contributed by atoms with van der Waals surface area (Å²) < 4.78 is 1.20. The van der Waals surface area contributed by atoms with Gasteiger partial charge in [-0.3, -0.25) is 9.36 Å². The topological polar surface area (TPSA) is 110 Å². The molecule has 0 atom stereocenters. The van der Waals surface area contributed by atoms with E-state index in [0.29, 0.717) is 19.5 Å². The molecule has 1 fully saturated rings. The molecule has 8 heteroatoms. The molecule has 0 saturated carbocycles. The second-order valence-electron chi connectivity index (χ2n) is 8.03. The minimum atomic E-state index is -0.245. The Morgan fingerprint density at radius 2 is 1.70 bits per heavy atom. The molecule has 1 aromatic heterocycles. The maximum absolute atomic E-state index is 12.8. The van der Waals surface area contributed by atoms with Crippen LogP contribution in [0, 0.1) is 0 Å². The third-order valence-corrected chi connectivity index (χ3v) is 5.92. The molecule has 0 aliphatic carbocycles. The van der Waals surface area contributed by atoms with Crippen molar-refractivity contribution in [3.8, 4) is 17.5 Å². The van der Waals surface area contributed by atoms with Gasteiger partial charge in [-0.05, 0) is 37.0 Å². The van der Waals surface area contributed by atoms with Crippen LogP contribution in [0.25, 0.3) is 0 Å². The number of anilines is 2. The van der Waals surface area contributed by atoms with E-state index in [0.717, 1.165) is 24.1 Å². The molecule has 2 aromatic carbocycles. The maximum atomic E-state index is 12.8. The molecule has 8 nitrogen and oxygen atoms in total. The Labute approximate surface area is 192 Å². The number of aliphatic imine (C=N–C) groups is 1. The summed E-state index contributed by atoms with van der Waals surface area (Å²) in [6.45, 7) is 3.29. The quantitative estimate of drug-likeness (QED) is 0.324. The van der Waals surface area contributed by atoms with Crippen molar-refractivity contribution in [2.75, 3.05) is 18.4 Å². The highest BCUT2D eigenvalue weighted by Crippen LogP contribution is 2.47. The zero-order chi connectivity index (χ0) is 23.5. The third-order valence-electron chi connectivity index (χ3n) is 5.92. The highest BCUT2D eigenvalue weighted by atomic mass is 16.3. The predicted octanol–water partition coefficient (Wildman–Crippen LogP) is 4.65. The van der Waals surface area contributed by atoms with Crippen molar-refractivity contribution in [2.24, 2.45) is 12.0 Å². The molecule has 1 aliphatic heterocycles. The number of aromatic nitrogens is 1. The van der Waals surface area contributed by atoms with E-state index in [1.807, 2.05) is 37.3 Å². The maximum Gasteiger partial charge on any atom is 0.257 e. The summed E-state index contributed by atoms with van der Waals surface area (Å²) in [6, 6.07) is 14.4. The van der Waals surface area contributed by atoms with Crippen molar-refractivity contribution in [1.29, 1.82) is 0 Å². The van der Waals surface area contributed by atoms with Crippen molar-refractivity contribution in [3.63, 3.8) is 0 Å². The van der Waals surface area contributed by atoms with Gasteiger partial charge in [-0.2, -0.15) is 0 Å². The number of nitrogens with zero attached hydrogens (tertiary/aromatic N) is 3. The van der Waals surface area contributed by atoms with Gasteiger partial charge in [0.05, 0.1) is 11.3 Å². The fourth-order valence-electron chi connectivity index (χ4n) is 4.02. The standard InChI is InChI=1S/C25H28N4O4/c1-3-18(16-10-5-4-6-11-16)26-20-21(25(33)28(2)24(20)32)27-19-13-9-12-17(22(19)30)23(31)29-14-7-8-15-29/h4-6,9-13,27,30,32-33H,3,7-8,14-15H2,1-2H3. The number of carbonyl (C=O) groups is 1. The third kappa shape index (κ3) is 4.24. The lowest BCUT2D eigenvalue weighted by Gasteiger charge is -2.17. The molecule has 0 bridgehead atoms. The summed E-state index contributed by atoms with van der Waals surface area (Å²) in [5.74, 6) is -0.915. The van der Waals surface area contributed by atoms with Crippen LogP contribution in [0.1, 0.15) is 42.1 Å². The monoisotopic (exact) mass is 448 g/mol. The number of nitrogens with one attached hydrogen (secondary N) is 1. The molecule has 0 unspecified atom stereocenters. The molecule has 1 saturated heterocycles. The molecular weight excluding hydrogens is 420 g/mol. The molecule has 4 rings (SSSR count). The average molecular weight is 449 g/mol. The molecule has 3 aromatic rings. The minimum Gasteiger partial charge on any atom is -0.505 e.